The van der Waals surface area contributed by atoms with Crippen molar-refractivity contribution in [2.45, 2.75) is 13.3 Å². The minimum atomic E-state index is -0.0580. The summed E-state index contributed by atoms with van der Waals surface area (Å²) in [6.45, 7) is 2.02. The number of hydrogen-bond donors (Lipinski definition) is 1. The summed E-state index contributed by atoms with van der Waals surface area (Å²) in [5.74, 6) is 1.17. The molecule has 1 amide bonds. The highest BCUT2D eigenvalue weighted by atomic mass is 32.1. The largest absolute Gasteiger partial charge is 0.439 e. The van der Waals surface area contributed by atoms with Crippen molar-refractivity contribution in [2.24, 2.45) is 0 Å². The standard InChI is InChI=1S/C18H16N2O2S/c1-13-2-5-16(6-3-13)22-18-7-4-15(11-19-18)20-17(21)10-14-8-9-23-12-14/h2-9,11-12H,10H2,1H3,(H,20,21). The Morgan fingerprint density at radius 2 is 2.00 bits per heavy atom. The van der Waals surface area contributed by atoms with E-state index in [1.807, 2.05) is 48.0 Å². The zero-order chi connectivity index (χ0) is 16.1. The number of amides is 1. The van der Waals surface area contributed by atoms with Gasteiger partial charge >= 0.3 is 0 Å². The molecule has 0 fully saturated rings. The van der Waals surface area contributed by atoms with Crippen LogP contribution in [0.4, 0.5) is 5.69 Å². The second kappa shape index (κ2) is 7.07. The van der Waals surface area contributed by atoms with Gasteiger partial charge < -0.3 is 10.1 Å². The van der Waals surface area contributed by atoms with Gasteiger partial charge in [0.05, 0.1) is 18.3 Å². The lowest BCUT2D eigenvalue weighted by atomic mass is 10.2. The van der Waals surface area contributed by atoms with E-state index < -0.39 is 0 Å². The molecule has 0 unspecified atom stereocenters. The van der Waals surface area contributed by atoms with Gasteiger partial charge in [-0.3, -0.25) is 4.79 Å². The lowest BCUT2D eigenvalue weighted by Gasteiger charge is -2.07. The van der Waals surface area contributed by atoms with E-state index in [2.05, 4.69) is 10.3 Å². The van der Waals surface area contributed by atoms with Crippen molar-refractivity contribution < 1.29 is 9.53 Å². The molecule has 0 aliphatic carbocycles. The van der Waals surface area contributed by atoms with E-state index in [0.717, 1.165) is 11.3 Å². The molecule has 0 aliphatic rings. The highest BCUT2D eigenvalue weighted by Gasteiger charge is 2.05. The Morgan fingerprint density at radius 3 is 2.65 bits per heavy atom. The van der Waals surface area contributed by atoms with E-state index in [1.54, 1.807) is 29.7 Å². The molecule has 4 nitrogen and oxygen atoms in total. The Labute approximate surface area is 138 Å². The molecule has 116 valence electrons. The molecule has 2 heterocycles. The fourth-order valence-electron chi connectivity index (χ4n) is 2.03. The van der Waals surface area contributed by atoms with Gasteiger partial charge in [-0.25, -0.2) is 4.98 Å². The summed E-state index contributed by atoms with van der Waals surface area (Å²) in [5.41, 5.74) is 2.84. The zero-order valence-electron chi connectivity index (χ0n) is 12.7. The summed E-state index contributed by atoms with van der Waals surface area (Å²) in [7, 11) is 0. The van der Waals surface area contributed by atoms with Crippen LogP contribution in [0.15, 0.2) is 59.4 Å². The Hall–Kier alpha value is -2.66. The van der Waals surface area contributed by atoms with Crippen molar-refractivity contribution in [1.29, 1.82) is 0 Å². The number of aromatic nitrogens is 1. The van der Waals surface area contributed by atoms with Crippen molar-refractivity contribution >= 4 is 22.9 Å². The van der Waals surface area contributed by atoms with Crippen molar-refractivity contribution in [2.75, 3.05) is 5.32 Å². The van der Waals surface area contributed by atoms with Gasteiger partial charge in [-0.05, 0) is 47.5 Å². The second-order valence-corrected chi connectivity index (χ2v) is 5.94. The third kappa shape index (κ3) is 4.40. The molecule has 23 heavy (non-hydrogen) atoms. The molecule has 0 spiro atoms. The van der Waals surface area contributed by atoms with Crippen molar-refractivity contribution in [3.63, 3.8) is 0 Å². The Kier molecular flexibility index (Phi) is 4.68. The molecule has 0 saturated heterocycles. The summed E-state index contributed by atoms with van der Waals surface area (Å²) >= 11 is 1.58. The number of nitrogens with zero attached hydrogens (tertiary/aromatic N) is 1. The number of carbonyl (C=O) groups excluding carboxylic acids is 1. The van der Waals surface area contributed by atoms with Crippen LogP contribution in [-0.2, 0) is 11.2 Å². The minimum absolute atomic E-state index is 0.0580. The Bertz CT molecular complexity index is 766. The van der Waals surface area contributed by atoms with Gasteiger partial charge in [-0.1, -0.05) is 17.7 Å². The SMILES string of the molecule is Cc1ccc(Oc2ccc(NC(=O)Cc3ccsc3)cn2)cc1. The maximum Gasteiger partial charge on any atom is 0.228 e. The molecule has 0 atom stereocenters. The Morgan fingerprint density at radius 1 is 1.17 bits per heavy atom. The van der Waals surface area contributed by atoms with Crippen LogP contribution < -0.4 is 10.1 Å². The molecular formula is C18H16N2O2S. The first-order valence-corrected chi connectivity index (χ1v) is 8.15. The summed E-state index contributed by atoms with van der Waals surface area (Å²) in [5, 5.41) is 6.75. The third-order valence-electron chi connectivity index (χ3n) is 3.21. The molecule has 1 N–H and O–H groups in total. The van der Waals surface area contributed by atoms with E-state index in [1.165, 1.54) is 5.56 Å². The first-order chi connectivity index (χ1) is 11.2. The van der Waals surface area contributed by atoms with Crippen LogP contribution in [0.3, 0.4) is 0 Å². The number of nitrogens with one attached hydrogen (secondary N) is 1. The summed E-state index contributed by atoms with van der Waals surface area (Å²) in [6, 6.07) is 13.2. The summed E-state index contributed by atoms with van der Waals surface area (Å²) in [6.07, 6.45) is 1.96. The lowest BCUT2D eigenvalue weighted by Crippen LogP contribution is -2.14. The first-order valence-electron chi connectivity index (χ1n) is 7.20. The van der Waals surface area contributed by atoms with E-state index in [-0.39, 0.29) is 5.91 Å². The average molecular weight is 324 g/mol. The maximum absolute atomic E-state index is 11.9. The van der Waals surface area contributed by atoms with Crippen LogP contribution in [0, 0.1) is 6.92 Å². The maximum atomic E-state index is 11.9. The van der Waals surface area contributed by atoms with Crippen LogP contribution >= 0.6 is 11.3 Å². The average Bonchev–Trinajstić information content (AvgIpc) is 3.04. The number of aryl methyl sites for hydroxylation is 1. The molecule has 1 aromatic carbocycles. The number of pyridine rings is 1. The molecule has 0 aliphatic heterocycles. The molecule has 5 heteroatoms. The molecular weight excluding hydrogens is 308 g/mol. The minimum Gasteiger partial charge on any atom is -0.439 e. The third-order valence-corrected chi connectivity index (χ3v) is 3.94. The zero-order valence-corrected chi connectivity index (χ0v) is 13.5. The van der Waals surface area contributed by atoms with Crippen LogP contribution in [0.5, 0.6) is 11.6 Å². The van der Waals surface area contributed by atoms with Crippen molar-refractivity contribution in [3.8, 4) is 11.6 Å². The first kappa shape index (κ1) is 15.2. The Balaban J connectivity index is 1.58. The number of anilines is 1. The van der Waals surface area contributed by atoms with E-state index in [0.29, 0.717) is 18.0 Å². The topological polar surface area (TPSA) is 51.2 Å². The number of thiophene rings is 1. The fourth-order valence-corrected chi connectivity index (χ4v) is 2.69. The van der Waals surface area contributed by atoms with Gasteiger partial charge in [-0.2, -0.15) is 11.3 Å². The molecule has 0 saturated carbocycles. The smallest absolute Gasteiger partial charge is 0.228 e. The predicted octanol–water partition coefficient (Wildman–Crippen LogP) is 4.43. The normalized spacial score (nSPS) is 10.3. The molecule has 3 rings (SSSR count). The van der Waals surface area contributed by atoms with Crippen molar-refractivity contribution in [1.82, 2.24) is 4.98 Å². The van der Waals surface area contributed by atoms with Crippen molar-refractivity contribution in [3.05, 3.63) is 70.5 Å². The fraction of sp³-hybridized carbons (Fsp3) is 0.111. The van der Waals surface area contributed by atoms with E-state index in [9.17, 15) is 4.79 Å². The summed E-state index contributed by atoms with van der Waals surface area (Å²) in [4.78, 5) is 16.1. The number of hydrogen-bond acceptors (Lipinski definition) is 4. The summed E-state index contributed by atoms with van der Waals surface area (Å²) < 4.78 is 5.66. The number of benzene rings is 1. The van der Waals surface area contributed by atoms with Crippen LogP contribution in [-0.4, -0.2) is 10.9 Å². The van der Waals surface area contributed by atoms with E-state index in [4.69, 9.17) is 4.74 Å². The second-order valence-electron chi connectivity index (χ2n) is 5.16. The quantitative estimate of drug-likeness (QED) is 0.755. The highest BCUT2D eigenvalue weighted by Crippen LogP contribution is 2.20. The van der Waals surface area contributed by atoms with Gasteiger partial charge in [0, 0.05) is 6.07 Å². The van der Waals surface area contributed by atoms with Gasteiger partial charge in [0.25, 0.3) is 0 Å². The van der Waals surface area contributed by atoms with Gasteiger partial charge in [0.15, 0.2) is 0 Å². The predicted molar refractivity (Wildman–Crippen MR) is 92.1 cm³/mol. The number of carbonyl (C=O) groups is 1. The highest BCUT2D eigenvalue weighted by molar-refractivity contribution is 7.08. The van der Waals surface area contributed by atoms with Gasteiger partial charge in [-0.15, -0.1) is 0 Å². The molecule has 0 radical (unpaired) electrons. The molecule has 3 aromatic rings. The number of rotatable bonds is 5. The van der Waals surface area contributed by atoms with Gasteiger partial charge in [0.1, 0.15) is 5.75 Å². The van der Waals surface area contributed by atoms with Crippen LogP contribution in [0.1, 0.15) is 11.1 Å². The molecule has 2 aromatic heterocycles. The molecule has 0 bridgehead atoms. The lowest BCUT2D eigenvalue weighted by molar-refractivity contribution is -0.115. The number of ether oxygens (including phenoxy) is 1. The van der Waals surface area contributed by atoms with E-state index >= 15 is 0 Å². The van der Waals surface area contributed by atoms with Crippen LogP contribution in [0.2, 0.25) is 0 Å². The van der Waals surface area contributed by atoms with Crippen LogP contribution in [0.25, 0.3) is 0 Å². The van der Waals surface area contributed by atoms with Gasteiger partial charge in [0.2, 0.25) is 11.8 Å². The monoisotopic (exact) mass is 324 g/mol.